The molecule has 2 aromatic rings. The van der Waals surface area contributed by atoms with Crippen LogP contribution in [-0.4, -0.2) is 22.2 Å². The molecule has 4 nitrogen and oxygen atoms in total. The molecule has 1 aromatic carbocycles. The molecule has 1 aliphatic rings. The number of hydrogen-bond acceptors (Lipinski definition) is 3. The summed E-state index contributed by atoms with van der Waals surface area (Å²) >= 11 is 3.43. The maximum absolute atomic E-state index is 11.6. The van der Waals surface area contributed by atoms with E-state index < -0.39 is 0 Å². The van der Waals surface area contributed by atoms with Crippen molar-refractivity contribution in [3.8, 4) is 0 Å². The molecule has 0 radical (unpaired) electrons. The highest BCUT2D eigenvalue weighted by Crippen LogP contribution is 2.29. The van der Waals surface area contributed by atoms with Crippen molar-refractivity contribution >= 4 is 32.6 Å². The number of ether oxygens (including phenoxy) is 1. The minimum absolute atomic E-state index is 0.00719. The average Bonchev–Trinajstić information content (AvgIpc) is 2.81. The Morgan fingerprint density at radius 1 is 1.47 bits per heavy atom. The first-order valence-corrected chi connectivity index (χ1v) is 7.25. The van der Waals surface area contributed by atoms with Crippen LogP contribution in [0.1, 0.15) is 42.8 Å². The molecule has 100 valence electrons. The number of nitrogens with zero attached hydrogens (tertiary/aromatic N) is 2. The van der Waals surface area contributed by atoms with Gasteiger partial charge < -0.3 is 4.74 Å². The summed E-state index contributed by atoms with van der Waals surface area (Å²) in [6.07, 6.45) is 5.05. The monoisotopic (exact) mass is 322 g/mol. The normalized spacial score (nSPS) is 19.8. The Labute approximate surface area is 119 Å². The lowest BCUT2D eigenvalue weighted by Gasteiger charge is -2.23. The quantitative estimate of drug-likeness (QED) is 0.792. The lowest BCUT2D eigenvalue weighted by molar-refractivity contribution is -0.0366. The van der Waals surface area contributed by atoms with Gasteiger partial charge >= 0.3 is 0 Å². The van der Waals surface area contributed by atoms with Crippen molar-refractivity contribution in [3.05, 3.63) is 28.4 Å². The lowest BCUT2D eigenvalue weighted by atomic mass is 10.1. The Morgan fingerprint density at radius 3 is 3.00 bits per heavy atom. The number of hydrogen-bond donors (Lipinski definition) is 0. The van der Waals surface area contributed by atoms with E-state index in [1.54, 1.807) is 6.92 Å². The predicted molar refractivity (Wildman–Crippen MR) is 76.3 cm³/mol. The lowest BCUT2D eigenvalue weighted by Crippen LogP contribution is -2.19. The summed E-state index contributed by atoms with van der Waals surface area (Å²) in [4.78, 5) is 11.6. The number of Topliss-reactive ketones (excluding diaryl/α,β-unsaturated/α-hetero) is 1. The van der Waals surface area contributed by atoms with E-state index in [2.05, 4.69) is 21.0 Å². The molecule has 1 fully saturated rings. The standard InChI is InChI=1S/C14H15BrN2O2/c1-9(18)11-7-13-10(6-12(11)15)8-16-17(13)14-4-2-3-5-19-14/h6-8,14H,2-5H2,1H3. The van der Waals surface area contributed by atoms with Crippen molar-refractivity contribution in [2.45, 2.75) is 32.4 Å². The number of halogens is 1. The fourth-order valence-electron chi connectivity index (χ4n) is 2.48. The Morgan fingerprint density at radius 2 is 2.32 bits per heavy atom. The molecule has 2 heterocycles. The first-order chi connectivity index (χ1) is 9.16. The van der Waals surface area contributed by atoms with Crippen LogP contribution in [0, 0.1) is 0 Å². The van der Waals surface area contributed by atoms with Crippen LogP contribution >= 0.6 is 15.9 Å². The van der Waals surface area contributed by atoms with Crippen LogP contribution < -0.4 is 0 Å². The molecule has 1 aromatic heterocycles. The molecule has 0 spiro atoms. The number of carbonyl (C=O) groups excluding carboxylic acids is 1. The fourth-order valence-corrected chi connectivity index (χ4v) is 3.12. The second kappa shape index (κ2) is 5.06. The second-order valence-electron chi connectivity index (χ2n) is 4.86. The van der Waals surface area contributed by atoms with Crippen LogP contribution in [0.15, 0.2) is 22.8 Å². The largest absolute Gasteiger partial charge is 0.356 e. The molecule has 1 saturated heterocycles. The van der Waals surface area contributed by atoms with Gasteiger partial charge in [0.1, 0.15) is 0 Å². The summed E-state index contributed by atoms with van der Waals surface area (Å²) in [6, 6.07) is 3.84. The van der Waals surface area contributed by atoms with Crippen molar-refractivity contribution in [2.75, 3.05) is 6.61 Å². The van der Waals surface area contributed by atoms with Gasteiger partial charge in [0.25, 0.3) is 0 Å². The van der Waals surface area contributed by atoms with Gasteiger partial charge in [-0.05, 0) is 38.3 Å². The minimum Gasteiger partial charge on any atom is -0.356 e. The van der Waals surface area contributed by atoms with E-state index in [1.807, 2.05) is 23.0 Å². The molecule has 0 aliphatic carbocycles. The Hall–Kier alpha value is -1.20. The number of carbonyl (C=O) groups is 1. The van der Waals surface area contributed by atoms with Crippen LogP contribution in [0.5, 0.6) is 0 Å². The molecule has 1 atom stereocenters. The average molecular weight is 323 g/mol. The van der Waals surface area contributed by atoms with Gasteiger partial charge in [-0.2, -0.15) is 5.10 Å². The first-order valence-electron chi connectivity index (χ1n) is 6.46. The van der Waals surface area contributed by atoms with Crippen molar-refractivity contribution in [3.63, 3.8) is 0 Å². The zero-order valence-corrected chi connectivity index (χ0v) is 12.3. The van der Waals surface area contributed by atoms with E-state index in [4.69, 9.17) is 4.74 Å². The van der Waals surface area contributed by atoms with Crippen LogP contribution in [0.2, 0.25) is 0 Å². The smallest absolute Gasteiger partial charge is 0.161 e. The Bertz CT molecular complexity index is 630. The van der Waals surface area contributed by atoms with Gasteiger partial charge in [-0.15, -0.1) is 0 Å². The van der Waals surface area contributed by atoms with Crippen molar-refractivity contribution in [2.24, 2.45) is 0 Å². The molecular weight excluding hydrogens is 308 g/mol. The first kappa shape index (κ1) is 12.8. The van der Waals surface area contributed by atoms with E-state index in [9.17, 15) is 4.79 Å². The number of rotatable bonds is 2. The van der Waals surface area contributed by atoms with Crippen LogP contribution in [0.4, 0.5) is 0 Å². The molecule has 1 aliphatic heterocycles. The van der Waals surface area contributed by atoms with Gasteiger partial charge in [0.05, 0.1) is 11.7 Å². The van der Waals surface area contributed by atoms with E-state index in [0.717, 1.165) is 41.2 Å². The molecule has 0 amide bonds. The highest BCUT2D eigenvalue weighted by Gasteiger charge is 2.19. The summed E-state index contributed by atoms with van der Waals surface area (Å²) in [5.74, 6) is 0.0473. The Kier molecular flexibility index (Phi) is 3.41. The van der Waals surface area contributed by atoms with Crippen LogP contribution in [0.3, 0.4) is 0 Å². The fraction of sp³-hybridized carbons (Fsp3) is 0.429. The summed E-state index contributed by atoms with van der Waals surface area (Å²) in [7, 11) is 0. The SMILES string of the molecule is CC(=O)c1cc2c(cnn2C2CCCCO2)cc1Br. The van der Waals surface area contributed by atoms with Crippen LogP contribution in [0.25, 0.3) is 10.9 Å². The molecule has 0 bridgehead atoms. The van der Waals surface area contributed by atoms with Crippen LogP contribution in [-0.2, 0) is 4.74 Å². The van der Waals surface area contributed by atoms with Gasteiger partial charge in [0.15, 0.2) is 12.0 Å². The van der Waals surface area contributed by atoms with E-state index in [-0.39, 0.29) is 12.0 Å². The van der Waals surface area contributed by atoms with Crippen molar-refractivity contribution in [1.29, 1.82) is 0 Å². The van der Waals surface area contributed by atoms with Crippen molar-refractivity contribution in [1.82, 2.24) is 9.78 Å². The second-order valence-corrected chi connectivity index (χ2v) is 5.71. The topological polar surface area (TPSA) is 44.1 Å². The maximum Gasteiger partial charge on any atom is 0.161 e. The van der Waals surface area contributed by atoms with Gasteiger partial charge in [0, 0.05) is 22.0 Å². The minimum atomic E-state index is -0.00719. The summed E-state index contributed by atoms with van der Waals surface area (Å²) in [5, 5.41) is 5.44. The third kappa shape index (κ3) is 2.32. The molecular formula is C14H15BrN2O2. The number of aromatic nitrogens is 2. The molecule has 3 rings (SSSR count). The number of ketones is 1. The molecule has 0 saturated carbocycles. The summed E-state index contributed by atoms with van der Waals surface area (Å²) in [6.45, 7) is 2.35. The molecule has 0 N–H and O–H groups in total. The summed E-state index contributed by atoms with van der Waals surface area (Å²) in [5.41, 5.74) is 1.64. The number of fused-ring (bicyclic) bond motifs is 1. The summed E-state index contributed by atoms with van der Waals surface area (Å²) < 4.78 is 8.48. The predicted octanol–water partition coefficient (Wildman–Crippen LogP) is 3.70. The third-order valence-corrected chi connectivity index (χ3v) is 4.15. The van der Waals surface area contributed by atoms with Gasteiger partial charge in [-0.25, -0.2) is 4.68 Å². The van der Waals surface area contributed by atoms with E-state index >= 15 is 0 Å². The molecule has 1 unspecified atom stereocenters. The molecule has 5 heteroatoms. The highest BCUT2D eigenvalue weighted by molar-refractivity contribution is 9.10. The zero-order valence-electron chi connectivity index (χ0n) is 10.7. The van der Waals surface area contributed by atoms with Gasteiger partial charge in [-0.3, -0.25) is 4.79 Å². The number of benzene rings is 1. The van der Waals surface area contributed by atoms with E-state index in [1.165, 1.54) is 0 Å². The van der Waals surface area contributed by atoms with E-state index in [0.29, 0.717) is 5.56 Å². The zero-order chi connectivity index (χ0) is 13.4. The third-order valence-electron chi connectivity index (χ3n) is 3.49. The maximum atomic E-state index is 11.6. The van der Waals surface area contributed by atoms with Gasteiger partial charge in [-0.1, -0.05) is 15.9 Å². The van der Waals surface area contributed by atoms with Crippen molar-refractivity contribution < 1.29 is 9.53 Å². The van der Waals surface area contributed by atoms with Gasteiger partial charge in [0.2, 0.25) is 0 Å². The highest BCUT2D eigenvalue weighted by atomic mass is 79.9. The Balaban J connectivity index is 2.10. The molecule has 19 heavy (non-hydrogen) atoms.